The molecule has 0 aliphatic heterocycles. The first kappa shape index (κ1) is 12.9. The van der Waals surface area contributed by atoms with Gasteiger partial charge >= 0.3 is 0 Å². The number of aromatic nitrogens is 2. The summed E-state index contributed by atoms with van der Waals surface area (Å²) in [5.41, 5.74) is 7.86. The van der Waals surface area contributed by atoms with E-state index in [1.807, 2.05) is 0 Å². The van der Waals surface area contributed by atoms with Crippen LogP contribution < -0.4 is 5.73 Å². The Morgan fingerprint density at radius 1 is 1.56 bits per heavy atom. The molecule has 1 aliphatic carbocycles. The second-order valence-corrected chi connectivity index (χ2v) is 5.58. The van der Waals surface area contributed by atoms with Gasteiger partial charge in [0, 0.05) is 19.5 Å². The van der Waals surface area contributed by atoms with Crippen molar-refractivity contribution >= 4 is 11.6 Å². The minimum absolute atomic E-state index is 0.0868. The maximum Gasteiger partial charge on any atom is 0.276 e. The highest BCUT2D eigenvalue weighted by Gasteiger charge is 2.30. The third kappa shape index (κ3) is 2.66. The number of hydrogen-bond donors (Lipinski definition) is 2. The number of H-pyrrole nitrogens is 1. The Kier molecular flexibility index (Phi) is 3.59. The van der Waals surface area contributed by atoms with E-state index >= 15 is 0 Å². The van der Waals surface area contributed by atoms with Crippen LogP contribution in [-0.2, 0) is 0 Å². The number of nitrogens with two attached hydrogens (primary N) is 1. The highest BCUT2D eigenvalue weighted by molar-refractivity contribution is 5.97. The zero-order valence-electron chi connectivity index (χ0n) is 11.4. The van der Waals surface area contributed by atoms with E-state index in [9.17, 15) is 4.79 Å². The molecule has 18 heavy (non-hydrogen) atoms. The Labute approximate surface area is 108 Å². The van der Waals surface area contributed by atoms with Crippen LogP contribution in [-0.4, -0.2) is 34.6 Å². The van der Waals surface area contributed by atoms with Crippen molar-refractivity contribution in [3.63, 3.8) is 0 Å². The Balaban J connectivity index is 2.03. The molecule has 0 saturated heterocycles. The molecule has 0 bridgehead atoms. The second-order valence-electron chi connectivity index (χ2n) is 5.58. The van der Waals surface area contributed by atoms with Gasteiger partial charge in [-0.05, 0) is 25.2 Å². The van der Waals surface area contributed by atoms with E-state index in [0.29, 0.717) is 23.2 Å². The van der Waals surface area contributed by atoms with E-state index in [1.165, 1.54) is 0 Å². The Morgan fingerprint density at radius 2 is 2.22 bits per heavy atom. The van der Waals surface area contributed by atoms with Gasteiger partial charge in [0.25, 0.3) is 5.91 Å². The summed E-state index contributed by atoms with van der Waals surface area (Å²) in [6, 6.07) is 0. The zero-order chi connectivity index (χ0) is 13.3. The van der Waals surface area contributed by atoms with Gasteiger partial charge in [0.1, 0.15) is 0 Å². The van der Waals surface area contributed by atoms with E-state index in [-0.39, 0.29) is 5.91 Å². The first-order valence-corrected chi connectivity index (χ1v) is 6.60. The number of carbonyl (C=O) groups is 1. The molecule has 5 heteroatoms. The number of hydrogen-bond acceptors (Lipinski definition) is 3. The van der Waals surface area contributed by atoms with E-state index in [0.717, 1.165) is 31.5 Å². The molecule has 100 valence electrons. The first-order chi connectivity index (χ1) is 8.50. The highest BCUT2D eigenvalue weighted by atomic mass is 16.2. The number of aromatic amines is 1. The van der Waals surface area contributed by atoms with Crippen molar-refractivity contribution in [2.24, 2.45) is 5.92 Å². The number of carbonyl (C=O) groups excluding carboxylic acids is 1. The summed E-state index contributed by atoms with van der Waals surface area (Å²) in [5, 5.41) is 7.00. The molecule has 1 saturated carbocycles. The summed E-state index contributed by atoms with van der Waals surface area (Å²) >= 11 is 0. The smallest absolute Gasteiger partial charge is 0.276 e. The molecule has 0 radical (unpaired) electrons. The molecule has 1 aromatic rings. The number of nitrogens with zero attached hydrogens (tertiary/aromatic N) is 2. The van der Waals surface area contributed by atoms with Gasteiger partial charge in [-0.2, -0.15) is 5.10 Å². The topological polar surface area (TPSA) is 75.0 Å². The summed E-state index contributed by atoms with van der Waals surface area (Å²) in [6.07, 6.45) is 3.27. The molecular formula is C13H22N4O. The number of amides is 1. The molecular weight excluding hydrogens is 228 g/mol. The largest absolute Gasteiger partial charge is 0.395 e. The average molecular weight is 250 g/mol. The summed E-state index contributed by atoms with van der Waals surface area (Å²) in [4.78, 5) is 13.9. The Bertz CT molecular complexity index is 434. The van der Waals surface area contributed by atoms with Gasteiger partial charge < -0.3 is 10.6 Å². The SMILES string of the molecule is CC(C)CCN(C)C(=O)c1n[nH]c(C2CC2)c1N. The van der Waals surface area contributed by atoms with Crippen LogP contribution in [0.25, 0.3) is 0 Å². The summed E-state index contributed by atoms with van der Waals surface area (Å²) in [6.45, 7) is 5.03. The lowest BCUT2D eigenvalue weighted by Gasteiger charge is -2.17. The molecule has 0 unspecified atom stereocenters. The van der Waals surface area contributed by atoms with Crippen molar-refractivity contribution < 1.29 is 4.79 Å². The third-order valence-electron chi connectivity index (χ3n) is 3.41. The van der Waals surface area contributed by atoms with Crippen molar-refractivity contribution in [2.75, 3.05) is 19.3 Å². The lowest BCUT2D eigenvalue weighted by atomic mass is 10.1. The summed E-state index contributed by atoms with van der Waals surface area (Å²) in [5.74, 6) is 0.982. The Morgan fingerprint density at radius 3 is 2.78 bits per heavy atom. The Hall–Kier alpha value is -1.52. The molecule has 1 fully saturated rings. The van der Waals surface area contributed by atoms with Crippen LogP contribution in [0.2, 0.25) is 0 Å². The van der Waals surface area contributed by atoms with Crippen LogP contribution in [0, 0.1) is 5.92 Å². The molecule has 0 spiro atoms. The lowest BCUT2D eigenvalue weighted by Crippen LogP contribution is -2.29. The third-order valence-corrected chi connectivity index (χ3v) is 3.41. The maximum atomic E-state index is 12.2. The predicted octanol–water partition coefficient (Wildman–Crippen LogP) is 1.99. The quantitative estimate of drug-likeness (QED) is 0.839. The predicted molar refractivity (Wildman–Crippen MR) is 71.4 cm³/mol. The summed E-state index contributed by atoms with van der Waals surface area (Å²) in [7, 11) is 1.80. The van der Waals surface area contributed by atoms with Crippen LogP contribution in [0.15, 0.2) is 0 Å². The molecule has 1 aliphatic rings. The van der Waals surface area contributed by atoms with Crippen molar-refractivity contribution in [3.8, 4) is 0 Å². The monoisotopic (exact) mass is 250 g/mol. The fourth-order valence-corrected chi connectivity index (χ4v) is 1.94. The molecule has 5 nitrogen and oxygen atoms in total. The molecule has 1 heterocycles. The number of rotatable bonds is 5. The van der Waals surface area contributed by atoms with Gasteiger partial charge in [0.15, 0.2) is 5.69 Å². The summed E-state index contributed by atoms with van der Waals surface area (Å²) < 4.78 is 0. The number of anilines is 1. The van der Waals surface area contributed by atoms with E-state index in [1.54, 1.807) is 11.9 Å². The standard InChI is InChI=1S/C13H22N4O/c1-8(2)6-7-17(3)13(18)12-10(14)11(15-16-12)9-4-5-9/h8-9H,4-7,14H2,1-3H3,(H,15,16). The van der Waals surface area contributed by atoms with E-state index < -0.39 is 0 Å². The van der Waals surface area contributed by atoms with Gasteiger partial charge in [-0.1, -0.05) is 13.8 Å². The lowest BCUT2D eigenvalue weighted by molar-refractivity contribution is 0.0784. The van der Waals surface area contributed by atoms with Gasteiger partial charge in [-0.25, -0.2) is 0 Å². The van der Waals surface area contributed by atoms with Gasteiger partial charge in [-0.15, -0.1) is 0 Å². The van der Waals surface area contributed by atoms with Gasteiger partial charge in [0.2, 0.25) is 0 Å². The highest BCUT2D eigenvalue weighted by Crippen LogP contribution is 2.42. The van der Waals surface area contributed by atoms with E-state index in [4.69, 9.17) is 5.73 Å². The maximum absolute atomic E-state index is 12.2. The molecule has 1 aromatic heterocycles. The molecule has 1 amide bonds. The van der Waals surface area contributed by atoms with Crippen LogP contribution >= 0.6 is 0 Å². The van der Waals surface area contributed by atoms with Gasteiger partial charge in [-0.3, -0.25) is 9.89 Å². The molecule has 3 N–H and O–H groups in total. The van der Waals surface area contributed by atoms with Crippen molar-refractivity contribution in [2.45, 2.75) is 39.0 Å². The van der Waals surface area contributed by atoms with Crippen molar-refractivity contribution in [1.29, 1.82) is 0 Å². The van der Waals surface area contributed by atoms with E-state index in [2.05, 4.69) is 24.0 Å². The fourth-order valence-electron chi connectivity index (χ4n) is 1.94. The number of nitrogens with one attached hydrogen (secondary N) is 1. The van der Waals surface area contributed by atoms with Crippen LogP contribution in [0.1, 0.15) is 55.2 Å². The van der Waals surface area contributed by atoms with Crippen LogP contribution in [0.3, 0.4) is 0 Å². The van der Waals surface area contributed by atoms with Crippen LogP contribution in [0.5, 0.6) is 0 Å². The van der Waals surface area contributed by atoms with Gasteiger partial charge in [0.05, 0.1) is 11.4 Å². The minimum Gasteiger partial charge on any atom is -0.395 e. The first-order valence-electron chi connectivity index (χ1n) is 6.60. The molecule has 0 aromatic carbocycles. The second kappa shape index (κ2) is 5.00. The molecule has 0 atom stereocenters. The van der Waals surface area contributed by atoms with Crippen molar-refractivity contribution in [1.82, 2.24) is 15.1 Å². The van der Waals surface area contributed by atoms with Crippen LogP contribution in [0.4, 0.5) is 5.69 Å². The number of nitrogen functional groups attached to an aromatic ring is 1. The van der Waals surface area contributed by atoms with Crippen molar-refractivity contribution in [3.05, 3.63) is 11.4 Å². The minimum atomic E-state index is -0.0868. The normalized spacial score (nSPS) is 15.1. The average Bonchev–Trinajstić information content (AvgIpc) is 3.09. The zero-order valence-corrected chi connectivity index (χ0v) is 11.4. The fraction of sp³-hybridized carbons (Fsp3) is 0.692. The molecule has 2 rings (SSSR count).